The third-order valence-electron chi connectivity index (χ3n) is 4.00. The second-order valence-corrected chi connectivity index (χ2v) is 7.99. The Morgan fingerprint density at radius 2 is 1.93 bits per heavy atom. The van der Waals surface area contributed by atoms with Crippen LogP contribution in [0, 0.1) is 5.82 Å². The standard InChI is InChI=1S/C21H20BClFNO2/c1-21(2,3)27-19(26)11-14-8-13-9-15(22)5-7-18(13)25-20(14)12-4-6-17(24)16(23)10-12/h4-10H,11,22H2,1-3H3. The molecule has 2 aromatic carbocycles. The number of hydrogen-bond acceptors (Lipinski definition) is 3. The summed E-state index contributed by atoms with van der Waals surface area (Å²) >= 11 is 5.95. The van der Waals surface area contributed by atoms with Crippen molar-refractivity contribution in [3.8, 4) is 11.3 Å². The predicted octanol–water partition coefficient (Wildman–Crippen LogP) is 3.84. The Morgan fingerprint density at radius 3 is 2.59 bits per heavy atom. The van der Waals surface area contributed by atoms with Gasteiger partial charge in [0.25, 0.3) is 0 Å². The zero-order valence-electron chi connectivity index (χ0n) is 15.8. The Labute approximate surface area is 163 Å². The van der Waals surface area contributed by atoms with E-state index in [1.807, 2.05) is 52.9 Å². The minimum absolute atomic E-state index is 0.0153. The molecule has 6 heteroatoms. The molecule has 0 fully saturated rings. The van der Waals surface area contributed by atoms with Crippen molar-refractivity contribution in [2.24, 2.45) is 0 Å². The Morgan fingerprint density at radius 1 is 1.19 bits per heavy atom. The van der Waals surface area contributed by atoms with Crippen LogP contribution in [0.15, 0.2) is 42.5 Å². The molecule has 3 aromatic rings. The number of carbonyl (C=O) groups is 1. The SMILES string of the molecule is Bc1ccc2nc(-c3ccc(F)c(Cl)c3)c(CC(=O)OC(C)(C)C)cc2c1. The van der Waals surface area contributed by atoms with Gasteiger partial charge in [0.05, 0.1) is 22.7 Å². The summed E-state index contributed by atoms with van der Waals surface area (Å²) in [6.07, 6.45) is 0.0679. The molecule has 3 nitrogen and oxygen atoms in total. The van der Waals surface area contributed by atoms with Crippen molar-refractivity contribution < 1.29 is 13.9 Å². The highest BCUT2D eigenvalue weighted by Gasteiger charge is 2.19. The van der Waals surface area contributed by atoms with Crippen LogP contribution >= 0.6 is 11.6 Å². The van der Waals surface area contributed by atoms with Gasteiger partial charge in [-0.3, -0.25) is 4.79 Å². The van der Waals surface area contributed by atoms with Gasteiger partial charge in [0.2, 0.25) is 0 Å². The summed E-state index contributed by atoms with van der Waals surface area (Å²) in [5.41, 5.74) is 3.29. The van der Waals surface area contributed by atoms with Crippen LogP contribution in [0.3, 0.4) is 0 Å². The largest absolute Gasteiger partial charge is 0.460 e. The quantitative estimate of drug-likeness (QED) is 0.509. The second kappa shape index (κ2) is 7.32. The number of pyridine rings is 1. The number of hydrogen-bond donors (Lipinski definition) is 0. The summed E-state index contributed by atoms with van der Waals surface area (Å²) < 4.78 is 19.0. The fourth-order valence-electron chi connectivity index (χ4n) is 2.90. The average molecular weight is 384 g/mol. The monoisotopic (exact) mass is 383 g/mol. The maximum absolute atomic E-state index is 13.6. The minimum Gasteiger partial charge on any atom is -0.460 e. The highest BCUT2D eigenvalue weighted by atomic mass is 35.5. The number of fused-ring (bicyclic) bond motifs is 1. The molecule has 1 heterocycles. The van der Waals surface area contributed by atoms with Crippen molar-refractivity contribution in [3.63, 3.8) is 0 Å². The number of halogens is 2. The molecule has 0 aliphatic rings. The number of aromatic nitrogens is 1. The fourth-order valence-corrected chi connectivity index (χ4v) is 3.08. The minimum atomic E-state index is -0.572. The first kappa shape index (κ1) is 19.4. The lowest BCUT2D eigenvalue weighted by Crippen LogP contribution is -2.25. The fraction of sp³-hybridized carbons (Fsp3) is 0.238. The molecule has 0 aliphatic carbocycles. The Bertz CT molecular complexity index is 1030. The predicted molar refractivity (Wildman–Crippen MR) is 110 cm³/mol. The molecule has 3 rings (SSSR count). The number of carbonyl (C=O) groups excluding carboxylic acids is 1. The number of esters is 1. The van der Waals surface area contributed by atoms with Crippen molar-refractivity contribution in [2.45, 2.75) is 32.8 Å². The van der Waals surface area contributed by atoms with E-state index in [0.717, 1.165) is 16.4 Å². The highest BCUT2D eigenvalue weighted by molar-refractivity contribution is 6.33. The number of ether oxygens (including phenoxy) is 1. The van der Waals surface area contributed by atoms with Gasteiger partial charge in [-0.25, -0.2) is 9.37 Å². The van der Waals surface area contributed by atoms with E-state index in [-0.39, 0.29) is 17.4 Å². The van der Waals surface area contributed by atoms with Crippen molar-refractivity contribution in [1.29, 1.82) is 0 Å². The first-order valence-corrected chi connectivity index (χ1v) is 9.08. The Balaban J connectivity index is 2.12. The van der Waals surface area contributed by atoms with Gasteiger partial charge < -0.3 is 4.74 Å². The summed E-state index contributed by atoms with van der Waals surface area (Å²) in [4.78, 5) is 17.1. The lowest BCUT2D eigenvalue weighted by Gasteiger charge is -2.20. The summed E-state index contributed by atoms with van der Waals surface area (Å²) in [5.74, 6) is -0.837. The Kier molecular flexibility index (Phi) is 5.25. The molecular weight excluding hydrogens is 363 g/mol. The van der Waals surface area contributed by atoms with E-state index in [4.69, 9.17) is 21.3 Å². The molecule has 0 saturated heterocycles. The lowest BCUT2D eigenvalue weighted by molar-refractivity contribution is -0.153. The molecule has 0 aliphatic heterocycles. The van der Waals surface area contributed by atoms with Crippen LogP contribution in [-0.4, -0.2) is 24.4 Å². The maximum Gasteiger partial charge on any atom is 0.310 e. The molecule has 1 aromatic heterocycles. The summed E-state index contributed by atoms with van der Waals surface area (Å²) in [7, 11) is 2.00. The second-order valence-electron chi connectivity index (χ2n) is 7.58. The summed E-state index contributed by atoms with van der Waals surface area (Å²) in [5, 5.41) is 0.951. The molecule has 0 bridgehead atoms. The van der Waals surface area contributed by atoms with E-state index in [1.54, 1.807) is 6.07 Å². The first-order chi connectivity index (χ1) is 12.6. The molecule has 0 unspecified atom stereocenters. The first-order valence-electron chi connectivity index (χ1n) is 8.70. The van der Waals surface area contributed by atoms with Gasteiger partial charge in [0.15, 0.2) is 0 Å². The average Bonchev–Trinajstić information content (AvgIpc) is 2.55. The lowest BCUT2D eigenvalue weighted by atomic mass is 9.93. The summed E-state index contributed by atoms with van der Waals surface area (Å²) in [6, 6.07) is 12.3. The van der Waals surface area contributed by atoms with Gasteiger partial charge in [-0.2, -0.15) is 0 Å². The Hall–Kier alpha value is -2.40. The maximum atomic E-state index is 13.6. The van der Waals surface area contributed by atoms with Crippen LogP contribution in [-0.2, 0) is 16.0 Å². The van der Waals surface area contributed by atoms with Crippen LogP contribution in [0.2, 0.25) is 5.02 Å². The van der Waals surface area contributed by atoms with Crippen molar-refractivity contribution in [1.82, 2.24) is 4.98 Å². The molecule has 0 spiro atoms. The van der Waals surface area contributed by atoms with Crippen LogP contribution in [0.1, 0.15) is 26.3 Å². The van der Waals surface area contributed by atoms with Crippen molar-refractivity contribution in [3.05, 3.63) is 58.9 Å². The van der Waals surface area contributed by atoms with Crippen LogP contribution in [0.5, 0.6) is 0 Å². The highest BCUT2D eigenvalue weighted by Crippen LogP contribution is 2.29. The van der Waals surface area contributed by atoms with E-state index in [9.17, 15) is 9.18 Å². The van der Waals surface area contributed by atoms with Gasteiger partial charge in [-0.15, -0.1) is 0 Å². The van der Waals surface area contributed by atoms with E-state index < -0.39 is 11.4 Å². The van der Waals surface area contributed by atoms with Gasteiger partial charge in [0, 0.05) is 5.56 Å². The molecule has 0 amide bonds. The zero-order chi connectivity index (χ0) is 19.8. The van der Waals surface area contributed by atoms with Crippen molar-refractivity contribution in [2.75, 3.05) is 0 Å². The molecule has 0 N–H and O–H groups in total. The smallest absolute Gasteiger partial charge is 0.310 e. The molecule has 0 radical (unpaired) electrons. The van der Waals surface area contributed by atoms with E-state index in [0.29, 0.717) is 16.8 Å². The van der Waals surface area contributed by atoms with E-state index in [2.05, 4.69) is 0 Å². The van der Waals surface area contributed by atoms with E-state index in [1.165, 1.54) is 12.1 Å². The number of rotatable bonds is 3. The third kappa shape index (κ3) is 4.66. The number of nitrogens with zero attached hydrogens (tertiary/aromatic N) is 1. The van der Waals surface area contributed by atoms with Gasteiger partial charge in [-0.1, -0.05) is 29.2 Å². The molecule has 0 saturated carbocycles. The molecule has 0 atom stereocenters. The molecular formula is C21H20BClFNO2. The van der Waals surface area contributed by atoms with Crippen LogP contribution < -0.4 is 5.46 Å². The van der Waals surface area contributed by atoms with Crippen LogP contribution in [0.4, 0.5) is 4.39 Å². The van der Waals surface area contributed by atoms with Gasteiger partial charge >= 0.3 is 5.97 Å². The number of benzene rings is 2. The molecule has 138 valence electrons. The topological polar surface area (TPSA) is 39.2 Å². The van der Waals surface area contributed by atoms with Gasteiger partial charge in [0.1, 0.15) is 19.3 Å². The zero-order valence-corrected chi connectivity index (χ0v) is 16.5. The van der Waals surface area contributed by atoms with Crippen molar-refractivity contribution >= 4 is 41.8 Å². The van der Waals surface area contributed by atoms with Gasteiger partial charge in [-0.05, 0) is 62.1 Å². The summed E-state index contributed by atoms with van der Waals surface area (Å²) in [6.45, 7) is 5.48. The normalized spacial score (nSPS) is 11.6. The third-order valence-corrected chi connectivity index (χ3v) is 4.29. The van der Waals surface area contributed by atoms with Crippen LogP contribution in [0.25, 0.3) is 22.2 Å². The molecule has 27 heavy (non-hydrogen) atoms. The van der Waals surface area contributed by atoms with E-state index >= 15 is 0 Å².